The third kappa shape index (κ3) is 3.28. The van der Waals surface area contributed by atoms with E-state index in [1.54, 1.807) is 12.1 Å². The lowest BCUT2D eigenvalue weighted by Gasteiger charge is -2.40. The van der Waals surface area contributed by atoms with Crippen LogP contribution in [0.5, 0.6) is 0 Å². The van der Waals surface area contributed by atoms with E-state index < -0.39 is 21.3 Å². The van der Waals surface area contributed by atoms with Crippen LogP contribution >= 0.6 is 11.6 Å². The van der Waals surface area contributed by atoms with Crippen molar-refractivity contribution in [3.63, 3.8) is 0 Å². The molecule has 1 saturated heterocycles. The molecule has 1 aliphatic carbocycles. The highest BCUT2D eigenvalue weighted by atomic mass is 35.5. The third-order valence-electron chi connectivity index (χ3n) is 5.58. The Balaban J connectivity index is 1.65. The average molecular weight is 415 g/mol. The number of rotatable bonds is 3. The van der Waals surface area contributed by atoms with Crippen LogP contribution in [0.4, 0.5) is 4.39 Å². The van der Waals surface area contributed by atoms with Crippen molar-refractivity contribution in [2.75, 3.05) is 13.1 Å². The van der Waals surface area contributed by atoms with Crippen LogP contribution in [0.1, 0.15) is 45.9 Å². The maximum Gasteiger partial charge on any atom is 0.200 e. The first-order valence-corrected chi connectivity index (χ1v) is 11.2. The fourth-order valence-electron chi connectivity index (χ4n) is 3.86. The molecule has 2 aromatic rings. The van der Waals surface area contributed by atoms with Crippen molar-refractivity contribution in [2.24, 2.45) is 0 Å². The lowest BCUT2D eigenvalue weighted by molar-refractivity contribution is 0.150. The fourth-order valence-corrected chi connectivity index (χ4v) is 6.36. The molecule has 1 aliphatic heterocycles. The molecular formula is C19H24ClFN2O3S. The number of likely N-dealkylation sites (tertiary alicyclic amines) is 1. The summed E-state index contributed by atoms with van der Waals surface area (Å²) in [5.74, 6) is 0.480. The number of oxazole rings is 1. The number of alkyl halides is 1. The van der Waals surface area contributed by atoms with Crippen LogP contribution < -0.4 is 0 Å². The Hall–Kier alpha value is -1.18. The molecule has 0 bridgehead atoms. The summed E-state index contributed by atoms with van der Waals surface area (Å²) in [4.78, 5) is 6.55. The molecule has 0 spiro atoms. The lowest BCUT2D eigenvalue weighted by Crippen LogP contribution is -2.49. The van der Waals surface area contributed by atoms with Gasteiger partial charge in [0.2, 0.25) is 5.89 Å². The van der Waals surface area contributed by atoms with Crippen LogP contribution in [-0.2, 0) is 15.3 Å². The Morgan fingerprint density at radius 2 is 2.00 bits per heavy atom. The number of benzene rings is 1. The molecule has 148 valence electrons. The van der Waals surface area contributed by atoms with Crippen molar-refractivity contribution in [2.45, 2.75) is 67.8 Å². The maximum absolute atomic E-state index is 13.4. The van der Waals surface area contributed by atoms with Gasteiger partial charge in [0.15, 0.2) is 15.4 Å². The molecule has 0 unspecified atom stereocenters. The fraction of sp³-hybridized carbons (Fsp3) is 0.632. The minimum atomic E-state index is -3.65. The number of nitrogens with zero attached hydrogens (tertiary/aromatic N) is 2. The molecule has 0 radical (unpaired) electrons. The van der Waals surface area contributed by atoms with Crippen molar-refractivity contribution in [1.82, 2.24) is 9.88 Å². The Morgan fingerprint density at radius 1 is 1.30 bits per heavy atom. The van der Waals surface area contributed by atoms with Gasteiger partial charge in [0, 0.05) is 24.5 Å². The van der Waals surface area contributed by atoms with Crippen molar-refractivity contribution in [1.29, 1.82) is 0 Å². The minimum Gasteiger partial charge on any atom is -0.439 e. The molecule has 5 nitrogen and oxygen atoms in total. The number of sulfone groups is 1. The van der Waals surface area contributed by atoms with Gasteiger partial charge >= 0.3 is 0 Å². The van der Waals surface area contributed by atoms with Crippen LogP contribution in [-0.4, -0.2) is 48.9 Å². The minimum absolute atomic E-state index is 0.0397. The van der Waals surface area contributed by atoms with E-state index >= 15 is 0 Å². The Morgan fingerprint density at radius 3 is 2.59 bits per heavy atom. The maximum atomic E-state index is 13.4. The van der Waals surface area contributed by atoms with Gasteiger partial charge in [0.05, 0.1) is 10.3 Å². The van der Waals surface area contributed by atoms with Gasteiger partial charge in [-0.05, 0) is 31.4 Å². The van der Waals surface area contributed by atoms with E-state index in [9.17, 15) is 12.8 Å². The standard InChI is InChI=1S/C19H24ClFN2O3S/c1-19(2,3)18-22-15-5-4-14(20)17(16(15)26-18)27(24,25)13-8-12(9-13)23-7-6-11(21)10-23/h4-5,11-13H,6-10H2,1-3H3/t11-,12?,13?/m1/s1. The number of hydrogen-bond donors (Lipinski definition) is 0. The Bertz CT molecular complexity index is 977. The smallest absolute Gasteiger partial charge is 0.200 e. The zero-order valence-corrected chi connectivity index (χ0v) is 17.3. The van der Waals surface area contributed by atoms with Crippen LogP contribution in [0, 0.1) is 0 Å². The van der Waals surface area contributed by atoms with Gasteiger partial charge in [-0.3, -0.25) is 4.90 Å². The quantitative estimate of drug-likeness (QED) is 0.755. The number of fused-ring (bicyclic) bond motifs is 1. The molecule has 2 aliphatic rings. The van der Waals surface area contributed by atoms with Gasteiger partial charge in [-0.1, -0.05) is 32.4 Å². The molecule has 2 heterocycles. The monoisotopic (exact) mass is 414 g/mol. The molecule has 1 atom stereocenters. The number of aromatic nitrogens is 1. The van der Waals surface area contributed by atoms with E-state index in [0.29, 0.717) is 43.8 Å². The molecule has 2 fully saturated rings. The highest BCUT2D eigenvalue weighted by Crippen LogP contribution is 2.41. The van der Waals surface area contributed by atoms with E-state index in [2.05, 4.69) is 9.88 Å². The van der Waals surface area contributed by atoms with Crippen molar-refractivity contribution in [3.05, 3.63) is 23.0 Å². The predicted molar refractivity (Wildman–Crippen MR) is 103 cm³/mol. The van der Waals surface area contributed by atoms with Crippen LogP contribution in [0.25, 0.3) is 11.1 Å². The summed E-state index contributed by atoms with van der Waals surface area (Å²) in [6, 6.07) is 3.38. The van der Waals surface area contributed by atoms with E-state index in [4.69, 9.17) is 16.0 Å². The van der Waals surface area contributed by atoms with Gasteiger partial charge in [0.25, 0.3) is 0 Å². The van der Waals surface area contributed by atoms with Crippen LogP contribution in [0.2, 0.25) is 5.02 Å². The summed E-state index contributed by atoms with van der Waals surface area (Å²) in [6.07, 6.45) is 0.741. The molecule has 1 aromatic carbocycles. The largest absolute Gasteiger partial charge is 0.439 e. The van der Waals surface area contributed by atoms with Gasteiger partial charge < -0.3 is 4.42 Å². The van der Waals surface area contributed by atoms with Crippen LogP contribution in [0.3, 0.4) is 0 Å². The summed E-state index contributed by atoms with van der Waals surface area (Å²) in [6.45, 7) is 6.98. The molecule has 27 heavy (non-hydrogen) atoms. The molecule has 0 amide bonds. The molecule has 8 heteroatoms. The first kappa shape index (κ1) is 19.2. The predicted octanol–water partition coefficient (Wildman–Crippen LogP) is 4.13. The first-order chi connectivity index (χ1) is 12.6. The second-order valence-electron chi connectivity index (χ2n) is 8.67. The summed E-state index contributed by atoms with van der Waals surface area (Å²) in [5, 5.41) is -0.361. The van der Waals surface area contributed by atoms with Crippen LogP contribution in [0.15, 0.2) is 21.4 Å². The zero-order chi connectivity index (χ0) is 19.6. The van der Waals surface area contributed by atoms with Gasteiger partial charge in [-0.2, -0.15) is 0 Å². The highest BCUT2D eigenvalue weighted by Gasteiger charge is 2.45. The third-order valence-corrected chi connectivity index (χ3v) is 8.24. The van der Waals surface area contributed by atoms with E-state index in [-0.39, 0.29) is 27.0 Å². The van der Waals surface area contributed by atoms with Gasteiger partial charge in [-0.15, -0.1) is 0 Å². The molecular weight excluding hydrogens is 391 g/mol. The normalized spacial score (nSPS) is 27.2. The highest BCUT2D eigenvalue weighted by molar-refractivity contribution is 7.92. The van der Waals surface area contributed by atoms with Gasteiger partial charge in [0.1, 0.15) is 16.6 Å². The summed E-state index contributed by atoms with van der Waals surface area (Å²) in [7, 11) is -3.65. The number of halogens is 2. The van der Waals surface area contributed by atoms with Crippen molar-refractivity contribution in [3.8, 4) is 0 Å². The van der Waals surface area contributed by atoms with Gasteiger partial charge in [-0.25, -0.2) is 17.8 Å². The lowest BCUT2D eigenvalue weighted by atomic mass is 9.91. The average Bonchev–Trinajstić information content (AvgIpc) is 3.10. The Kier molecular flexibility index (Phi) is 4.56. The second kappa shape index (κ2) is 6.42. The molecule has 1 saturated carbocycles. The summed E-state index contributed by atoms with van der Waals surface area (Å²) >= 11 is 6.29. The summed E-state index contributed by atoms with van der Waals surface area (Å²) < 4.78 is 45.8. The van der Waals surface area contributed by atoms with E-state index in [0.717, 1.165) is 0 Å². The van der Waals surface area contributed by atoms with Crippen molar-refractivity contribution < 1.29 is 17.2 Å². The Labute approximate surface area is 163 Å². The van der Waals surface area contributed by atoms with Crippen molar-refractivity contribution >= 4 is 32.5 Å². The SMILES string of the molecule is CC(C)(C)c1nc2ccc(Cl)c(S(=O)(=O)C3CC(N4CC[C@@H](F)C4)C3)c2o1. The first-order valence-electron chi connectivity index (χ1n) is 9.29. The molecule has 4 rings (SSSR count). The molecule has 0 N–H and O–H groups in total. The zero-order valence-electron chi connectivity index (χ0n) is 15.7. The second-order valence-corrected chi connectivity index (χ2v) is 11.2. The topological polar surface area (TPSA) is 63.4 Å². The molecule has 1 aromatic heterocycles. The van der Waals surface area contributed by atoms with E-state index in [1.165, 1.54) is 0 Å². The van der Waals surface area contributed by atoms with E-state index in [1.807, 2.05) is 20.8 Å². The summed E-state index contributed by atoms with van der Waals surface area (Å²) in [5.41, 5.74) is 0.395. The number of hydrogen-bond acceptors (Lipinski definition) is 5.